The maximum absolute atomic E-state index is 14.3. The number of alkyl halides is 1. The van der Waals surface area contributed by atoms with Crippen LogP contribution in [0.2, 0.25) is 0 Å². The lowest BCUT2D eigenvalue weighted by Crippen LogP contribution is -2.42. The summed E-state index contributed by atoms with van der Waals surface area (Å²) in [6.45, 7) is 1.10. The fraction of sp³-hybridized carbons (Fsp3) is 0.381. The van der Waals surface area contributed by atoms with Crippen molar-refractivity contribution in [3.63, 3.8) is 0 Å². The van der Waals surface area contributed by atoms with Gasteiger partial charge in [0.2, 0.25) is 0 Å². The van der Waals surface area contributed by atoms with Crippen molar-refractivity contribution in [2.24, 2.45) is 0 Å². The highest BCUT2D eigenvalue weighted by Crippen LogP contribution is 2.33. The Labute approximate surface area is 152 Å². The van der Waals surface area contributed by atoms with E-state index < -0.39 is 12.2 Å². The van der Waals surface area contributed by atoms with Crippen molar-refractivity contribution >= 4 is 6.03 Å². The molecule has 26 heavy (non-hydrogen) atoms. The summed E-state index contributed by atoms with van der Waals surface area (Å²) < 4.78 is 20.1. The lowest BCUT2D eigenvalue weighted by atomic mass is 9.96. The summed E-state index contributed by atoms with van der Waals surface area (Å²) in [6.07, 6.45) is 0.139. The second kappa shape index (κ2) is 7.46. The van der Waals surface area contributed by atoms with Gasteiger partial charge in [-0.25, -0.2) is 9.18 Å². The van der Waals surface area contributed by atoms with Crippen LogP contribution in [0.15, 0.2) is 54.6 Å². The molecule has 1 fully saturated rings. The largest absolute Gasteiger partial charge is 0.376 e. The molecule has 0 saturated carbocycles. The first-order chi connectivity index (χ1) is 12.7. The van der Waals surface area contributed by atoms with Gasteiger partial charge in [-0.1, -0.05) is 54.6 Å². The molecule has 2 amide bonds. The van der Waals surface area contributed by atoms with Crippen molar-refractivity contribution in [3.8, 4) is 0 Å². The Morgan fingerprint density at radius 3 is 2.73 bits per heavy atom. The Kier molecular flexibility index (Phi) is 4.89. The Balaban J connectivity index is 1.27. The van der Waals surface area contributed by atoms with Crippen molar-refractivity contribution < 1.29 is 13.9 Å². The summed E-state index contributed by atoms with van der Waals surface area (Å²) in [5.41, 5.74) is 3.11. The number of urea groups is 1. The van der Waals surface area contributed by atoms with Crippen LogP contribution in [0.25, 0.3) is 0 Å². The average Bonchev–Trinajstić information content (AvgIpc) is 3.26. The molecule has 136 valence electrons. The van der Waals surface area contributed by atoms with E-state index in [1.165, 1.54) is 5.56 Å². The predicted octanol–water partition coefficient (Wildman–Crippen LogP) is 3.49. The summed E-state index contributed by atoms with van der Waals surface area (Å²) in [7, 11) is 0. The van der Waals surface area contributed by atoms with Gasteiger partial charge < -0.3 is 15.4 Å². The van der Waals surface area contributed by atoms with Crippen LogP contribution in [0.4, 0.5) is 9.18 Å². The molecule has 1 saturated heterocycles. The third kappa shape index (κ3) is 3.58. The standard InChI is InChI=1S/C21H23FN2O2/c22-19-11-15-8-4-5-9-18(15)20(19)24-21(25)23-12-17-10-16(13-26-17)14-6-2-1-3-7-14/h1-9,16-17,19-20H,10-13H2,(H2,23,24,25)/t16-,17-,19+,20-/m0/s1. The number of ether oxygens (including phenoxy) is 1. The van der Waals surface area contributed by atoms with Gasteiger partial charge in [-0.15, -0.1) is 0 Å². The van der Waals surface area contributed by atoms with Gasteiger partial charge in [0.05, 0.1) is 18.8 Å². The van der Waals surface area contributed by atoms with E-state index in [0.717, 1.165) is 17.5 Å². The van der Waals surface area contributed by atoms with Gasteiger partial charge in [0, 0.05) is 18.9 Å². The lowest BCUT2D eigenvalue weighted by molar-refractivity contribution is 0.109. The first-order valence-corrected chi connectivity index (χ1v) is 9.13. The summed E-state index contributed by atoms with van der Waals surface area (Å²) in [6, 6.07) is 16.9. The minimum absolute atomic E-state index is 0.0111. The summed E-state index contributed by atoms with van der Waals surface area (Å²) in [4.78, 5) is 12.2. The third-order valence-electron chi connectivity index (χ3n) is 5.30. The molecule has 2 aromatic rings. The highest BCUT2D eigenvalue weighted by atomic mass is 19.1. The zero-order valence-electron chi connectivity index (χ0n) is 14.5. The summed E-state index contributed by atoms with van der Waals surface area (Å²) in [5.74, 6) is 0.364. The molecule has 1 aliphatic carbocycles. The number of carbonyl (C=O) groups excluding carboxylic acids is 1. The summed E-state index contributed by atoms with van der Waals surface area (Å²) >= 11 is 0. The van der Waals surface area contributed by atoms with Gasteiger partial charge in [0.1, 0.15) is 6.17 Å². The van der Waals surface area contributed by atoms with E-state index in [0.29, 0.717) is 25.5 Å². The Morgan fingerprint density at radius 2 is 1.88 bits per heavy atom. The quantitative estimate of drug-likeness (QED) is 0.883. The van der Waals surface area contributed by atoms with Crippen LogP contribution in [0.3, 0.4) is 0 Å². The molecule has 4 atom stereocenters. The second-order valence-electron chi connectivity index (χ2n) is 7.05. The van der Waals surface area contributed by atoms with Crippen LogP contribution < -0.4 is 10.6 Å². The monoisotopic (exact) mass is 354 g/mol. The smallest absolute Gasteiger partial charge is 0.315 e. The van der Waals surface area contributed by atoms with Crippen molar-refractivity contribution in [2.45, 2.75) is 37.1 Å². The van der Waals surface area contributed by atoms with Gasteiger partial charge >= 0.3 is 6.03 Å². The molecule has 2 N–H and O–H groups in total. The van der Waals surface area contributed by atoms with E-state index in [-0.39, 0.29) is 12.1 Å². The number of nitrogens with one attached hydrogen (secondary N) is 2. The molecule has 5 heteroatoms. The predicted molar refractivity (Wildman–Crippen MR) is 97.9 cm³/mol. The topological polar surface area (TPSA) is 50.4 Å². The van der Waals surface area contributed by atoms with Crippen LogP contribution >= 0.6 is 0 Å². The van der Waals surface area contributed by atoms with Gasteiger partial charge in [-0.3, -0.25) is 0 Å². The number of hydrogen-bond acceptors (Lipinski definition) is 2. The molecule has 2 aromatic carbocycles. The Bertz CT molecular complexity index is 768. The molecular formula is C21H23FN2O2. The number of halogens is 1. The van der Waals surface area contributed by atoms with Crippen LogP contribution in [0, 0.1) is 0 Å². The van der Waals surface area contributed by atoms with E-state index >= 15 is 0 Å². The maximum atomic E-state index is 14.3. The van der Waals surface area contributed by atoms with Crippen molar-refractivity contribution in [3.05, 3.63) is 71.3 Å². The van der Waals surface area contributed by atoms with Crippen molar-refractivity contribution in [1.29, 1.82) is 0 Å². The normalized spacial score (nSPS) is 27.1. The molecule has 4 nitrogen and oxygen atoms in total. The molecule has 0 unspecified atom stereocenters. The number of carbonyl (C=O) groups is 1. The summed E-state index contributed by atoms with van der Waals surface area (Å²) in [5, 5.41) is 5.60. The first-order valence-electron chi connectivity index (χ1n) is 9.13. The minimum Gasteiger partial charge on any atom is -0.376 e. The molecule has 1 heterocycles. The number of amides is 2. The molecular weight excluding hydrogens is 331 g/mol. The van der Waals surface area contributed by atoms with Crippen molar-refractivity contribution in [1.82, 2.24) is 10.6 Å². The number of fused-ring (bicyclic) bond motifs is 1. The van der Waals surface area contributed by atoms with Crippen LogP contribution in [0.5, 0.6) is 0 Å². The third-order valence-corrected chi connectivity index (χ3v) is 5.30. The molecule has 0 bridgehead atoms. The second-order valence-corrected chi connectivity index (χ2v) is 7.05. The van der Waals surface area contributed by atoms with E-state index in [4.69, 9.17) is 4.74 Å². The van der Waals surface area contributed by atoms with Crippen LogP contribution in [0.1, 0.15) is 35.1 Å². The van der Waals surface area contributed by atoms with Gasteiger partial charge in [0.25, 0.3) is 0 Å². The zero-order chi connectivity index (χ0) is 17.9. The molecule has 2 aliphatic rings. The molecule has 1 aliphatic heterocycles. The molecule has 4 rings (SSSR count). The van der Waals surface area contributed by atoms with E-state index in [1.54, 1.807) is 0 Å². The zero-order valence-corrected chi connectivity index (χ0v) is 14.5. The van der Waals surface area contributed by atoms with E-state index in [9.17, 15) is 9.18 Å². The molecule has 0 spiro atoms. The van der Waals surface area contributed by atoms with Crippen LogP contribution in [-0.4, -0.2) is 31.5 Å². The minimum atomic E-state index is -1.08. The molecule has 0 radical (unpaired) electrons. The fourth-order valence-electron chi connectivity index (χ4n) is 3.92. The van der Waals surface area contributed by atoms with Crippen LogP contribution in [-0.2, 0) is 11.2 Å². The lowest BCUT2D eigenvalue weighted by Gasteiger charge is -2.18. The highest BCUT2D eigenvalue weighted by molar-refractivity contribution is 5.74. The number of rotatable bonds is 4. The van der Waals surface area contributed by atoms with E-state index in [2.05, 4.69) is 22.8 Å². The Morgan fingerprint density at radius 1 is 1.12 bits per heavy atom. The van der Waals surface area contributed by atoms with E-state index in [1.807, 2.05) is 42.5 Å². The number of hydrogen-bond donors (Lipinski definition) is 2. The highest BCUT2D eigenvalue weighted by Gasteiger charge is 2.33. The maximum Gasteiger partial charge on any atom is 0.315 e. The van der Waals surface area contributed by atoms with Crippen molar-refractivity contribution in [2.75, 3.05) is 13.2 Å². The first kappa shape index (κ1) is 17.0. The molecule has 0 aromatic heterocycles. The average molecular weight is 354 g/mol. The number of benzene rings is 2. The SMILES string of the molecule is O=C(NC[C@@H]1C[C@H](c2ccccc2)CO1)N[C@H]1c2ccccc2C[C@H]1F. The van der Waals surface area contributed by atoms with Gasteiger partial charge in [-0.2, -0.15) is 0 Å². The van der Waals surface area contributed by atoms with Gasteiger partial charge in [-0.05, 0) is 23.1 Å². The van der Waals surface area contributed by atoms with Gasteiger partial charge in [0.15, 0.2) is 0 Å². The Hall–Kier alpha value is -2.40. The fourth-order valence-corrected chi connectivity index (χ4v) is 3.92.